The molecule has 0 radical (unpaired) electrons. The summed E-state index contributed by atoms with van der Waals surface area (Å²) in [6.45, 7) is 4.54. The molecule has 0 spiro atoms. The third-order valence-corrected chi connectivity index (χ3v) is 5.06. The highest BCUT2D eigenvalue weighted by atomic mass is 32.2. The van der Waals surface area contributed by atoms with Gasteiger partial charge in [-0.25, -0.2) is 8.42 Å². The summed E-state index contributed by atoms with van der Waals surface area (Å²) in [6, 6.07) is 0. The number of aromatic nitrogens is 2. The van der Waals surface area contributed by atoms with Crippen molar-refractivity contribution >= 4 is 10.0 Å². The van der Waals surface area contributed by atoms with E-state index in [2.05, 4.69) is 21.0 Å². The van der Waals surface area contributed by atoms with Crippen LogP contribution in [0.2, 0.25) is 0 Å². The smallest absolute Gasteiger partial charge is 0.246 e. The SMILES string of the molecule is C#CCN1CCN(S(=O)(=O)c2cn[nH]c2C)CC1. The Morgan fingerprint density at radius 1 is 1.44 bits per heavy atom. The molecular weight excluding hydrogens is 252 g/mol. The molecule has 1 saturated heterocycles. The second-order valence-electron chi connectivity index (χ2n) is 4.24. The van der Waals surface area contributed by atoms with Gasteiger partial charge in [-0.3, -0.25) is 10.00 Å². The van der Waals surface area contributed by atoms with Crippen molar-refractivity contribution in [2.75, 3.05) is 32.7 Å². The largest absolute Gasteiger partial charge is 0.290 e. The van der Waals surface area contributed by atoms with E-state index in [0.29, 0.717) is 38.4 Å². The zero-order chi connectivity index (χ0) is 13.2. The fourth-order valence-corrected chi connectivity index (χ4v) is 3.54. The maximum atomic E-state index is 12.3. The topological polar surface area (TPSA) is 69.3 Å². The second-order valence-corrected chi connectivity index (χ2v) is 6.15. The quantitative estimate of drug-likeness (QED) is 0.761. The van der Waals surface area contributed by atoms with Crippen LogP contribution in [-0.4, -0.2) is 60.5 Å². The van der Waals surface area contributed by atoms with Gasteiger partial charge in [0.1, 0.15) is 4.90 Å². The molecule has 0 bridgehead atoms. The standard InChI is InChI=1S/C11H16N4O2S/c1-3-4-14-5-7-15(8-6-14)18(16,17)11-9-12-13-10(11)2/h1,9H,4-8H2,2H3,(H,12,13). The molecule has 1 fully saturated rings. The number of piperazine rings is 1. The molecule has 6 nitrogen and oxygen atoms in total. The number of hydrogen-bond acceptors (Lipinski definition) is 4. The fraction of sp³-hybridized carbons (Fsp3) is 0.545. The van der Waals surface area contributed by atoms with Crippen LogP contribution in [0.5, 0.6) is 0 Å². The predicted molar refractivity (Wildman–Crippen MR) is 67.4 cm³/mol. The van der Waals surface area contributed by atoms with Gasteiger partial charge in [-0.1, -0.05) is 5.92 Å². The summed E-state index contributed by atoms with van der Waals surface area (Å²) < 4.78 is 26.2. The van der Waals surface area contributed by atoms with Crippen LogP contribution in [0, 0.1) is 19.3 Å². The fourth-order valence-electron chi connectivity index (χ4n) is 2.00. The van der Waals surface area contributed by atoms with E-state index in [0.717, 1.165) is 0 Å². The van der Waals surface area contributed by atoms with Crippen molar-refractivity contribution in [1.82, 2.24) is 19.4 Å². The van der Waals surface area contributed by atoms with Gasteiger partial charge in [0.15, 0.2) is 0 Å². The lowest BCUT2D eigenvalue weighted by Gasteiger charge is -2.32. The highest BCUT2D eigenvalue weighted by molar-refractivity contribution is 7.89. The molecule has 18 heavy (non-hydrogen) atoms. The molecule has 0 atom stereocenters. The maximum absolute atomic E-state index is 12.3. The predicted octanol–water partition coefficient (Wildman–Crippen LogP) is -0.342. The van der Waals surface area contributed by atoms with Crippen molar-refractivity contribution < 1.29 is 8.42 Å². The molecule has 0 unspecified atom stereocenters. The van der Waals surface area contributed by atoms with Crippen LogP contribution in [0.25, 0.3) is 0 Å². The Morgan fingerprint density at radius 3 is 2.61 bits per heavy atom. The third-order valence-electron chi connectivity index (χ3n) is 3.05. The number of nitrogens with one attached hydrogen (secondary N) is 1. The molecule has 0 aromatic carbocycles. The monoisotopic (exact) mass is 268 g/mol. The normalized spacial score (nSPS) is 18.7. The molecule has 1 aromatic heterocycles. The van der Waals surface area contributed by atoms with E-state index < -0.39 is 10.0 Å². The highest BCUT2D eigenvalue weighted by Gasteiger charge is 2.30. The minimum Gasteiger partial charge on any atom is -0.290 e. The Labute approximate surface area is 107 Å². The van der Waals surface area contributed by atoms with E-state index in [9.17, 15) is 8.42 Å². The lowest BCUT2D eigenvalue weighted by molar-refractivity contribution is 0.207. The van der Waals surface area contributed by atoms with Gasteiger partial charge in [0.25, 0.3) is 0 Å². The summed E-state index contributed by atoms with van der Waals surface area (Å²) in [5, 5.41) is 6.41. The van der Waals surface area contributed by atoms with Crippen molar-refractivity contribution in [2.24, 2.45) is 0 Å². The first kappa shape index (κ1) is 13.1. The Morgan fingerprint density at radius 2 is 2.11 bits per heavy atom. The zero-order valence-electron chi connectivity index (χ0n) is 10.3. The van der Waals surface area contributed by atoms with Crippen LogP contribution in [0.4, 0.5) is 0 Å². The van der Waals surface area contributed by atoms with E-state index >= 15 is 0 Å². The van der Waals surface area contributed by atoms with E-state index in [4.69, 9.17) is 6.42 Å². The van der Waals surface area contributed by atoms with Crippen LogP contribution < -0.4 is 0 Å². The molecule has 0 amide bonds. The van der Waals surface area contributed by atoms with E-state index in [1.807, 2.05) is 0 Å². The van der Waals surface area contributed by atoms with Gasteiger partial charge < -0.3 is 0 Å². The van der Waals surface area contributed by atoms with Gasteiger partial charge in [0, 0.05) is 26.2 Å². The first-order valence-corrected chi connectivity index (χ1v) is 7.15. The van der Waals surface area contributed by atoms with Crippen LogP contribution in [-0.2, 0) is 10.0 Å². The molecular formula is C11H16N4O2S. The molecule has 0 aliphatic carbocycles. The van der Waals surface area contributed by atoms with Crippen molar-refractivity contribution in [3.8, 4) is 12.3 Å². The molecule has 1 aliphatic rings. The van der Waals surface area contributed by atoms with Crippen LogP contribution in [0.15, 0.2) is 11.1 Å². The van der Waals surface area contributed by atoms with Crippen molar-refractivity contribution in [3.63, 3.8) is 0 Å². The van der Waals surface area contributed by atoms with Crippen molar-refractivity contribution in [2.45, 2.75) is 11.8 Å². The van der Waals surface area contributed by atoms with Crippen LogP contribution in [0.3, 0.4) is 0 Å². The molecule has 2 heterocycles. The minimum atomic E-state index is -3.43. The number of sulfonamides is 1. The van der Waals surface area contributed by atoms with Gasteiger partial charge in [0.2, 0.25) is 10.0 Å². The number of aromatic amines is 1. The molecule has 1 aromatic rings. The summed E-state index contributed by atoms with van der Waals surface area (Å²) in [4.78, 5) is 2.32. The van der Waals surface area contributed by atoms with E-state index in [-0.39, 0.29) is 4.90 Å². The minimum absolute atomic E-state index is 0.257. The van der Waals surface area contributed by atoms with Gasteiger partial charge in [-0.15, -0.1) is 6.42 Å². The van der Waals surface area contributed by atoms with Crippen molar-refractivity contribution in [1.29, 1.82) is 0 Å². The first-order valence-electron chi connectivity index (χ1n) is 5.71. The van der Waals surface area contributed by atoms with E-state index in [1.54, 1.807) is 6.92 Å². The Bertz CT molecular complexity index is 550. The number of hydrogen-bond donors (Lipinski definition) is 1. The van der Waals surface area contributed by atoms with Crippen LogP contribution in [0.1, 0.15) is 5.69 Å². The lowest BCUT2D eigenvalue weighted by Crippen LogP contribution is -2.48. The first-order chi connectivity index (χ1) is 8.55. The van der Waals surface area contributed by atoms with Gasteiger partial charge in [0.05, 0.1) is 18.4 Å². The maximum Gasteiger partial charge on any atom is 0.246 e. The lowest BCUT2D eigenvalue weighted by atomic mass is 10.4. The number of H-pyrrole nitrogens is 1. The zero-order valence-corrected chi connectivity index (χ0v) is 11.1. The Hall–Kier alpha value is -1.36. The third kappa shape index (κ3) is 2.41. The summed E-state index contributed by atoms with van der Waals surface area (Å²) in [6.07, 6.45) is 6.60. The average Bonchev–Trinajstić information content (AvgIpc) is 2.77. The summed E-state index contributed by atoms with van der Waals surface area (Å²) >= 11 is 0. The highest BCUT2D eigenvalue weighted by Crippen LogP contribution is 2.18. The van der Waals surface area contributed by atoms with Crippen molar-refractivity contribution in [3.05, 3.63) is 11.9 Å². The number of nitrogens with zero attached hydrogens (tertiary/aromatic N) is 3. The number of terminal acetylenes is 1. The van der Waals surface area contributed by atoms with Gasteiger partial charge in [-0.05, 0) is 6.92 Å². The molecule has 98 valence electrons. The second kappa shape index (κ2) is 5.10. The molecule has 0 saturated carbocycles. The average molecular weight is 268 g/mol. The molecule has 1 N–H and O–H groups in total. The Balaban J connectivity index is 2.10. The number of rotatable bonds is 3. The van der Waals surface area contributed by atoms with Crippen LogP contribution >= 0.6 is 0 Å². The number of aryl methyl sites for hydroxylation is 1. The molecule has 1 aliphatic heterocycles. The van der Waals surface area contributed by atoms with E-state index in [1.165, 1.54) is 10.5 Å². The summed E-state index contributed by atoms with van der Waals surface area (Å²) in [5.74, 6) is 2.57. The van der Waals surface area contributed by atoms with Gasteiger partial charge >= 0.3 is 0 Å². The molecule has 2 rings (SSSR count). The Kier molecular flexibility index (Phi) is 3.71. The summed E-state index contributed by atoms with van der Waals surface area (Å²) in [7, 11) is -3.43. The van der Waals surface area contributed by atoms with Gasteiger partial charge in [-0.2, -0.15) is 9.40 Å². The summed E-state index contributed by atoms with van der Waals surface area (Å²) in [5.41, 5.74) is 0.570. The molecule has 7 heteroatoms.